The number of carbonyl (C=O) groups excluding carboxylic acids is 2. The molecule has 1 aromatic carbocycles. The van der Waals surface area contributed by atoms with Crippen molar-refractivity contribution >= 4 is 29.4 Å². The number of para-hydroxylation sites is 2. The minimum Gasteiger partial charge on any atom is -0.506 e. The van der Waals surface area contributed by atoms with Gasteiger partial charge in [-0.05, 0) is 25.0 Å². The van der Waals surface area contributed by atoms with Crippen molar-refractivity contribution in [3.8, 4) is 5.75 Å². The minimum absolute atomic E-state index is 0.0431. The van der Waals surface area contributed by atoms with Crippen molar-refractivity contribution in [2.24, 2.45) is 0 Å². The second kappa shape index (κ2) is 8.51. The second-order valence-corrected chi connectivity index (χ2v) is 9.00. The Hall–Kier alpha value is -2.09. The van der Waals surface area contributed by atoms with Crippen LogP contribution in [0.4, 0.5) is 10.5 Å². The van der Waals surface area contributed by atoms with Gasteiger partial charge in [-0.3, -0.25) is 4.79 Å². The number of hydrogen-bond acceptors (Lipinski definition) is 5. The molecule has 8 heteroatoms. The number of anilines is 1. The average molecular weight is 405 g/mol. The summed E-state index contributed by atoms with van der Waals surface area (Å²) in [4.78, 5) is 28.0. The molecule has 28 heavy (non-hydrogen) atoms. The van der Waals surface area contributed by atoms with Crippen LogP contribution in [0.3, 0.4) is 0 Å². The maximum atomic E-state index is 12.5. The maximum Gasteiger partial charge on any atom is 0.315 e. The van der Waals surface area contributed by atoms with Crippen molar-refractivity contribution in [2.45, 2.75) is 43.0 Å². The maximum absolute atomic E-state index is 12.5. The number of phenolic OH excluding ortho intramolecular Hbond substituents is 1. The van der Waals surface area contributed by atoms with Crippen LogP contribution in [-0.4, -0.2) is 71.2 Å². The molecule has 0 aliphatic carbocycles. The molecule has 3 aliphatic heterocycles. The highest BCUT2D eigenvalue weighted by atomic mass is 32.2. The van der Waals surface area contributed by atoms with Crippen LogP contribution in [0.2, 0.25) is 0 Å². The molecule has 0 spiro atoms. The molecule has 3 saturated heterocycles. The van der Waals surface area contributed by atoms with Crippen LogP contribution in [0.5, 0.6) is 5.75 Å². The normalized spacial score (nSPS) is 26.7. The summed E-state index contributed by atoms with van der Waals surface area (Å²) in [5.74, 6) is 1.50. The number of hydrogen-bond donors (Lipinski definition) is 3. The van der Waals surface area contributed by atoms with E-state index in [1.807, 2.05) is 34.9 Å². The first-order chi connectivity index (χ1) is 13.6. The molecule has 0 unspecified atom stereocenters. The number of fused-ring (bicyclic) bond motifs is 1. The molecule has 0 radical (unpaired) electrons. The first kappa shape index (κ1) is 19.2. The van der Waals surface area contributed by atoms with Gasteiger partial charge in [0.15, 0.2) is 0 Å². The van der Waals surface area contributed by atoms with Gasteiger partial charge in [-0.25, -0.2) is 4.79 Å². The zero-order valence-electron chi connectivity index (χ0n) is 16.0. The Morgan fingerprint density at radius 1 is 1.14 bits per heavy atom. The predicted octanol–water partition coefficient (Wildman–Crippen LogP) is 1.77. The van der Waals surface area contributed by atoms with E-state index >= 15 is 0 Å². The zero-order chi connectivity index (χ0) is 19.5. The Morgan fingerprint density at radius 3 is 2.71 bits per heavy atom. The van der Waals surface area contributed by atoms with Gasteiger partial charge in [0.2, 0.25) is 5.91 Å². The molecule has 7 nitrogen and oxygen atoms in total. The third-order valence-electron chi connectivity index (χ3n) is 5.92. The fourth-order valence-corrected chi connectivity index (χ4v) is 5.89. The predicted molar refractivity (Wildman–Crippen MR) is 111 cm³/mol. The highest BCUT2D eigenvalue weighted by molar-refractivity contribution is 8.00. The Kier molecular flexibility index (Phi) is 5.85. The number of nitrogens with zero attached hydrogens (tertiary/aromatic N) is 2. The highest BCUT2D eigenvalue weighted by Crippen LogP contribution is 2.33. The average Bonchev–Trinajstić information content (AvgIpc) is 3.25. The molecule has 3 atom stereocenters. The summed E-state index contributed by atoms with van der Waals surface area (Å²) in [6, 6.07) is 7.83. The van der Waals surface area contributed by atoms with Crippen LogP contribution in [0.25, 0.3) is 0 Å². The summed E-state index contributed by atoms with van der Waals surface area (Å²) in [6.07, 6.45) is 3.55. The molecule has 3 aliphatic rings. The van der Waals surface area contributed by atoms with Crippen molar-refractivity contribution in [1.82, 2.24) is 15.5 Å². The molecule has 0 saturated carbocycles. The summed E-state index contributed by atoms with van der Waals surface area (Å²) in [6.45, 7) is 2.90. The monoisotopic (exact) mass is 404 g/mol. The number of carbonyl (C=O) groups is 2. The number of thioether (sulfide) groups is 1. The third-order valence-corrected chi connectivity index (χ3v) is 7.43. The van der Waals surface area contributed by atoms with E-state index in [9.17, 15) is 14.7 Å². The molecule has 152 valence electrons. The highest BCUT2D eigenvalue weighted by Gasteiger charge is 2.42. The number of nitrogens with one attached hydrogen (secondary N) is 2. The lowest BCUT2D eigenvalue weighted by Gasteiger charge is -2.36. The molecule has 1 aromatic rings. The molecule has 0 aromatic heterocycles. The third kappa shape index (κ3) is 4.16. The van der Waals surface area contributed by atoms with Gasteiger partial charge in [0.1, 0.15) is 5.75 Å². The summed E-state index contributed by atoms with van der Waals surface area (Å²) < 4.78 is 0. The van der Waals surface area contributed by atoms with Crippen LogP contribution in [0.1, 0.15) is 25.7 Å². The molecule has 3 amide bonds. The van der Waals surface area contributed by atoms with E-state index < -0.39 is 0 Å². The SMILES string of the molecule is O=C1N[C@H]2[C@H](CS[C@H]2CCCCC(=O)N2CCN(c3ccccc3O)CC2)N1. The number of piperazine rings is 1. The van der Waals surface area contributed by atoms with Crippen molar-refractivity contribution in [2.75, 3.05) is 36.8 Å². The fraction of sp³-hybridized carbons (Fsp3) is 0.600. The van der Waals surface area contributed by atoms with E-state index in [1.165, 1.54) is 0 Å². The van der Waals surface area contributed by atoms with Gasteiger partial charge >= 0.3 is 6.03 Å². The van der Waals surface area contributed by atoms with Crippen molar-refractivity contribution in [3.05, 3.63) is 24.3 Å². The molecule has 3 fully saturated rings. The van der Waals surface area contributed by atoms with Crippen LogP contribution >= 0.6 is 11.8 Å². The molecule has 3 N–H and O–H groups in total. The number of phenols is 1. The second-order valence-electron chi connectivity index (χ2n) is 7.72. The number of aromatic hydroxyl groups is 1. The van der Waals surface area contributed by atoms with Crippen molar-refractivity contribution < 1.29 is 14.7 Å². The Bertz CT molecular complexity index is 723. The van der Waals surface area contributed by atoms with Gasteiger partial charge in [0.25, 0.3) is 0 Å². The van der Waals surface area contributed by atoms with E-state index in [2.05, 4.69) is 15.5 Å². The summed E-state index contributed by atoms with van der Waals surface area (Å²) in [7, 11) is 0. The number of unbranched alkanes of at least 4 members (excludes halogenated alkanes) is 1. The smallest absolute Gasteiger partial charge is 0.315 e. The largest absolute Gasteiger partial charge is 0.506 e. The van der Waals surface area contributed by atoms with Crippen LogP contribution in [-0.2, 0) is 4.79 Å². The fourth-order valence-electron chi connectivity index (χ4n) is 4.35. The molecule has 3 heterocycles. The first-order valence-corrected chi connectivity index (χ1v) is 11.2. The van der Waals surface area contributed by atoms with Gasteiger partial charge in [-0.1, -0.05) is 18.6 Å². The van der Waals surface area contributed by atoms with Gasteiger partial charge in [0, 0.05) is 43.6 Å². The van der Waals surface area contributed by atoms with Crippen LogP contribution in [0.15, 0.2) is 24.3 Å². The minimum atomic E-state index is -0.0431. The van der Waals surface area contributed by atoms with E-state index in [-0.39, 0.29) is 24.0 Å². The number of rotatable bonds is 6. The van der Waals surface area contributed by atoms with E-state index in [0.29, 0.717) is 30.5 Å². The Balaban J connectivity index is 1.15. The summed E-state index contributed by atoms with van der Waals surface area (Å²) in [5.41, 5.74) is 0.843. The van der Waals surface area contributed by atoms with E-state index in [4.69, 9.17) is 0 Å². The van der Waals surface area contributed by atoms with Crippen LogP contribution in [0, 0.1) is 0 Å². The summed E-state index contributed by atoms with van der Waals surface area (Å²) in [5, 5.41) is 16.4. The summed E-state index contributed by atoms with van der Waals surface area (Å²) >= 11 is 1.92. The number of amides is 3. The lowest BCUT2D eigenvalue weighted by Crippen LogP contribution is -2.48. The number of benzene rings is 1. The molecular formula is C20H28N4O3S. The van der Waals surface area contributed by atoms with Gasteiger partial charge in [-0.15, -0.1) is 0 Å². The standard InChI is InChI=1S/C20H28N4O3S/c25-16-6-2-1-5-15(16)23-9-11-24(12-10-23)18(26)8-4-3-7-17-19-14(13-28-17)21-20(27)22-19/h1-2,5-6,14,17,19,25H,3-4,7-13H2,(H2,21,22,27)/t14-,17-,19-/m0/s1. The zero-order valence-corrected chi connectivity index (χ0v) is 16.8. The Morgan fingerprint density at radius 2 is 1.93 bits per heavy atom. The van der Waals surface area contributed by atoms with Gasteiger partial charge in [0.05, 0.1) is 17.8 Å². The van der Waals surface area contributed by atoms with E-state index in [1.54, 1.807) is 6.07 Å². The number of urea groups is 1. The van der Waals surface area contributed by atoms with Crippen molar-refractivity contribution in [3.63, 3.8) is 0 Å². The lowest BCUT2D eigenvalue weighted by molar-refractivity contribution is -0.131. The Labute approximate surface area is 169 Å². The molecule has 0 bridgehead atoms. The first-order valence-electron chi connectivity index (χ1n) is 10.1. The quantitative estimate of drug-likeness (QED) is 0.497. The van der Waals surface area contributed by atoms with E-state index in [0.717, 1.165) is 43.8 Å². The molecule has 4 rings (SSSR count). The molecular weight excluding hydrogens is 376 g/mol. The van der Waals surface area contributed by atoms with Gasteiger partial charge < -0.3 is 25.5 Å². The van der Waals surface area contributed by atoms with Crippen molar-refractivity contribution in [1.29, 1.82) is 0 Å². The van der Waals surface area contributed by atoms with Gasteiger partial charge in [-0.2, -0.15) is 11.8 Å². The lowest BCUT2D eigenvalue weighted by atomic mass is 10.0. The topological polar surface area (TPSA) is 84.9 Å². The van der Waals surface area contributed by atoms with Crippen LogP contribution < -0.4 is 15.5 Å².